The number of benzene rings is 5. The number of aryl methyl sites for hydroxylation is 3. The average Bonchev–Trinajstić information content (AvgIpc) is 3.53. The van der Waals surface area contributed by atoms with Gasteiger partial charge in [-0.15, -0.1) is 58.7 Å². The smallest absolute Gasteiger partial charge is 0.120 e. The topological polar surface area (TPSA) is 38.9 Å². The van der Waals surface area contributed by atoms with Crippen LogP contribution >= 0.6 is 0 Å². The molecule has 0 aliphatic carbocycles. The molecule has 0 atom stereocenters. The van der Waals surface area contributed by atoms with Crippen LogP contribution in [-0.4, -0.2) is 9.97 Å². The van der Waals surface area contributed by atoms with Crippen molar-refractivity contribution >= 4 is 21.9 Å². The van der Waals surface area contributed by atoms with E-state index in [1.54, 1.807) is 0 Å². The minimum atomic E-state index is 0. The molecule has 52 heavy (non-hydrogen) atoms. The van der Waals surface area contributed by atoms with E-state index in [1.807, 2.05) is 42.7 Å². The Morgan fingerprint density at radius 1 is 0.673 bits per heavy atom. The van der Waals surface area contributed by atoms with Gasteiger partial charge in [-0.2, -0.15) is 0 Å². The zero-order valence-corrected chi connectivity index (χ0v) is 32.7. The van der Waals surface area contributed by atoms with Crippen molar-refractivity contribution in [1.29, 1.82) is 0 Å². The number of hydrogen-bond donors (Lipinski definition) is 0. The normalized spacial score (nSPS) is 11.0. The van der Waals surface area contributed by atoms with Crippen molar-refractivity contribution in [2.75, 3.05) is 0 Å². The van der Waals surface area contributed by atoms with Crippen LogP contribution in [0.25, 0.3) is 55.6 Å². The number of aromatic nitrogens is 2. The van der Waals surface area contributed by atoms with Gasteiger partial charge in [0.05, 0.1) is 5.58 Å². The molecule has 0 N–H and O–H groups in total. The van der Waals surface area contributed by atoms with E-state index in [1.165, 1.54) is 38.9 Å². The summed E-state index contributed by atoms with van der Waals surface area (Å²) in [5, 5.41) is 2.27. The molecular formula is C48H42IrN2O-2. The summed E-state index contributed by atoms with van der Waals surface area (Å²) in [6.45, 7) is 10.8. The van der Waals surface area contributed by atoms with Gasteiger partial charge >= 0.3 is 0 Å². The van der Waals surface area contributed by atoms with E-state index in [-0.39, 0.29) is 20.1 Å². The summed E-state index contributed by atoms with van der Waals surface area (Å²) in [5.74, 6) is 0.669. The fourth-order valence-corrected chi connectivity index (χ4v) is 6.67. The van der Waals surface area contributed by atoms with Crippen LogP contribution in [-0.2, 0) is 32.9 Å². The number of rotatable bonds is 7. The molecule has 0 amide bonds. The third-order valence-corrected chi connectivity index (χ3v) is 9.33. The number of hydrogen-bond acceptors (Lipinski definition) is 3. The molecule has 4 heteroatoms. The van der Waals surface area contributed by atoms with Gasteiger partial charge in [0.2, 0.25) is 0 Å². The molecule has 0 unspecified atom stereocenters. The Kier molecular flexibility index (Phi) is 11.6. The fourth-order valence-electron chi connectivity index (χ4n) is 6.67. The number of fused-ring (bicyclic) bond motifs is 3. The quantitative estimate of drug-likeness (QED) is 0.150. The van der Waals surface area contributed by atoms with Gasteiger partial charge in [0.25, 0.3) is 0 Å². The van der Waals surface area contributed by atoms with E-state index in [0.29, 0.717) is 5.92 Å². The van der Waals surface area contributed by atoms with Crippen LogP contribution in [0.3, 0.4) is 0 Å². The first-order valence-electron chi connectivity index (χ1n) is 17.7. The molecule has 3 aromatic heterocycles. The van der Waals surface area contributed by atoms with Crippen molar-refractivity contribution in [3.8, 4) is 33.6 Å². The first-order chi connectivity index (χ1) is 24.8. The van der Waals surface area contributed by atoms with Gasteiger partial charge in [0, 0.05) is 37.9 Å². The van der Waals surface area contributed by atoms with Crippen molar-refractivity contribution in [2.24, 2.45) is 5.92 Å². The zero-order valence-electron chi connectivity index (χ0n) is 30.3. The first kappa shape index (κ1) is 36.6. The summed E-state index contributed by atoms with van der Waals surface area (Å²) in [4.78, 5) is 9.41. The molecule has 3 nitrogen and oxygen atoms in total. The van der Waals surface area contributed by atoms with Crippen LogP contribution in [0.15, 0.2) is 138 Å². The van der Waals surface area contributed by atoms with Crippen molar-refractivity contribution in [1.82, 2.24) is 9.97 Å². The Labute approximate surface area is 321 Å². The Bertz CT molecular complexity index is 2410. The molecule has 1 radical (unpaired) electrons. The predicted molar refractivity (Wildman–Crippen MR) is 212 cm³/mol. The molecule has 8 rings (SSSR count). The number of furan rings is 1. The van der Waals surface area contributed by atoms with Crippen LogP contribution in [0.1, 0.15) is 47.2 Å². The molecule has 8 aromatic rings. The Morgan fingerprint density at radius 2 is 1.38 bits per heavy atom. The minimum Gasteiger partial charge on any atom is -0.500 e. The fraction of sp³-hybridized carbons (Fsp3) is 0.167. The molecule has 261 valence electrons. The second-order valence-corrected chi connectivity index (χ2v) is 13.8. The molecule has 5 aromatic carbocycles. The van der Waals surface area contributed by atoms with E-state index in [0.717, 1.165) is 62.9 Å². The largest absolute Gasteiger partial charge is 0.500 e. The maximum atomic E-state index is 6.18. The monoisotopic (exact) mass is 855 g/mol. The SMILES string of the molecule is Cc1c[c-]c(-c2cc(C)c(CC(C)C)cn2)cc1.Cc1cnc(-c2[c-]cc3oc4ccccc4c3c2Cc2ccccc2)cc1-c1ccccc1.[Ir]. The molecule has 0 aliphatic rings. The summed E-state index contributed by atoms with van der Waals surface area (Å²) in [7, 11) is 0. The maximum Gasteiger partial charge on any atom is 0.120 e. The van der Waals surface area contributed by atoms with Gasteiger partial charge in [-0.3, -0.25) is 0 Å². The Morgan fingerprint density at radius 3 is 2.10 bits per heavy atom. The van der Waals surface area contributed by atoms with Gasteiger partial charge in [-0.05, 0) is 72.3 Å². The summed E-state index contributed by atoms with van der Waals surface area (Å²) < 4.78 is 6.18. The van der Waals surface area contributed by atoms with Crippen molar-refractivity contribution in [3.05, 3.63) is 179 Å². The summed E-state index contributed by atoms with van der Waals surface area (Å²) in [5.41, 5.74) is 15.7. The van der Waals surface area contributed by atoms with Crippen LogP contribution in [0, 0.1) is 38.8 Å². The second-order valence-electron chi connectivity index (χ2n) is 13.8. The van der Waals surface area contributed by atoms with Crippen LogP contribution < -0.4 is 0 Å². The van der Waals surface area contributed by atoms with Gasteiger partial charge in [0.15, 0.2) is 0 Å². The minimum absolute atomic E-state index is 0. The van der Waals surface area contributed by atoms with E-state index >= 15 is 0 Å². The number of nitrogens with zero attached hydrogens (tertiary/aromatic N) is 2. The number of pyridine rings is 2. The third-order valence-electron chi connectivity index (χ3n) is 9.33. The molecular weight excluding hydrogens is 813 g/mol. The van der Waals surface area contributed by atoms with Crippen molar-refractivity contribution in [2.45, 2.75) is 47.5 Å². The molecule has 0 aliphatic heterocycles. The summed E-state index contributed by atoms with van der Waals surface area (Å²) in [6.07, 6.45) is 5.86. The summed E-state index contributed by atoms with van der Waals surface area (Å²) >= 11 is 0. The van der Waals surface area contributed by atoms with Gasteiger partial charge in [0.1, 0.15) is 5.58 Å². The molecule has 0 saturated carbocycles. The third kappa shape index (κ3) is 8.15. The second kappa shape index (κ2) is 16.5. The standard InChI is InChI=1S/C31H22NO.C17H20N.Ir/c1-21-20-32-28(19-26(21)23-12-6-3-7-13-23)24-16-17-30-31(25-14-8-9-15-29(25)33-30)27(24)18-22-10-4-2-5-11-22;1-12(2)9-16-11-18-17(10-14(16)4)15-7-5-13(3)6-8-15;/h2-15,17,19-20H,18H2,1H3;5-7,10-12H,9H2,1-4H3;/q2*-1;. The van der Waals surface area contributed by atoms with Crippen LogP contribution in [0.2, 0.25) is 0 Å². The predicted octanol–water partition coefficient (Wildman–Crippen LogP) is 12.4. The molecule has 3 heterocycles. The van der Waals surface area contributed by atoms with E-state index in [2.05, 4.69) is 143 Å². The van der Waals surface area contributed by atoms with Crippen molar-refractivity contribution < 1.29 is 24.5 Å². The average molecular weight is 855 g/mol. The van der Waals surface area contributed by atoms with Crippen LogP contribution in [0.5, 0.6) is 0 Å². The van der Waals surface area contributed by atoms with E-state index in [9.17, 15) is 0 Å². The Balaban J connectivity index is 0.000000208. The maximum absolute atomic E-state index is 6.18. The van der Waals surface area contributed by atoms with Gasteiger partial charge in [-0.1, -0.05) is 128 Å². The van der Waals surface area contributed by atoms with Gasteiger partial charge < -0.3 is 14.4 Å². The zero-order chi connectivity index (χ0) is 35.3. The van der Waals surface area contributed by atoms with E-state index in [4.69, 9.17) is 9.40 Å². The van der Waals surface area contributed by atoms with Crippen LogP contribution in [0.4, 0.5) is 0 Å². The van der Waals surface area contributed by atoms with E-state index < -0.39 is 0 Å². The molecule has 0 spiro atoms. The van der Waals surface area contributed by atoms with Crippen molar-refractivity contribution in [3.63, 3.8) is 0 Å². The summed E-state index contributed by atoms with van der Waals surface area (Å²) in [6, 6.07) is 48.6. The molecule has 0 saturated heterocycles. The Hall–Kier alpha value is -5.15. The van der Waals surface area contributed by atoms with Gasteiger partial charge in [-0.25, -0.2) is 0 Å². The molecule has 0 fully saturated rings. The number of para-hydroxylation sites is 1. The first-order valence-corrected chi connectivity index (χ1v) is 17.7. The molecule has 0 bridgehead atoms.